The van der Waals surface area contributed by atoms with E-state index in [1.807, 2.05) is 0 Å². The molecule has 4 nitrogen and oxygen atoms in total. The van der Waals surface area contributed by atoms with E-state index < -0.39 is 12.0 Å². The number of hydrogen-bond donors (Lipinski definition) is 2. The second-order valence-corrected chi connectivity index (χ2v) is 3.95. The summed E-state index contributed by atoms with van der Waals surface area (Å²) in [5.41, 5.74) is 5.28. The molecule has 6 heteroatoms. The van der Waals surface area contributed by atoms with E-state index in [9.17, 15) is 4.79 Å². The minimum Gasteiger partial charge on any atom is -0.480 e. The first-order valence-electron chi connectivity index (χ1n) is 3.18. The van der Waals surface area contributed by atoms with Crippen molar-refractivity contribution in [2.24, 2.45) is 5.73 Å². The maximum Gasteiger partial charge on any atom is 0.320 e. The predicted molar refractivity (Wildman–Crippen MR) is 46.4 cm³/mol. The first kappa shape index (κ1) is 9.44. The van der Waals surface area contributed by atoms with Crippen LogP contribution in [-0.2, 0) is 11.2 Å². The lowest BCUT2D eigenvalue weighted by molar-refractivity contribution is -0.138. The van der Waals surface area contributed by atoms with Crippen molar-refractivity contribution in [2.75, 3.05) is 0 Å². The molecule has 1 rings (SSSR count). The number of hydrogen-bond acceptors (Lipinski definition) is 4. The van der Waals surface area contributed by atoms with Gasteiger partial charge in [-0.05, 0) is 0 Å². The monoisotopic (exact) mass is 206 g/mol. The number of aliphatic carboxylic acids is 1. The van der Waals surface area contributed by atoms with Crippen molar-refractivity contribution in [1.82, 2.24) is 4.98 Å². The third-order valence-electron chi connectivity index (χ3n) is 1.24. The minimum atomic E-state index is -1.03. The molecule has 0 spiro atoms. The van der Waals surface area contributed by atoms with Gasteiger partial charge in [-0.3, -0.25) is 4.79 Å². The molecule has 0 radical (unpaired) electrons. The number of thiazole rings is 1. The van der Waals surface area contributed by atoms with Crippen molar-refractivity contribution >= 4 is 28.9 Å². The van der Waals surface area contributed by atoms with Crippen LogP contribution in [0, 0.1) is 0 Å². The van der Waals surface area contributed by atoms with Gasteiger partial charge in [-0.25, -0.2) is 4.98 Å². The summed E-state index contributed by atoms with van der Waals surface area (Å²) in [5, 5.41) is 9.12. The zero-order valence-corrected chi connectivity index (χ0v) is 7.60. The first-order valence-corrected chi connectivity index (χ1v) is 4.37. The van der Waals surface area contributed by atoms with E-state index in [2.05, 4.69) is 4.98 Å². The number of rotatable bonds is 3. The summed E-state index contributed by atoms with van der Waals surface area (Å²) < 4.78 is 0.544. The van der Waals surface area contributed by atoms with Crippen LogP contribution in [0.4, 0.5) is 0 Å². The van der Waals surface area contributed by atoms with Crippen molar-refractivity contribution in [3.63, 3.8) is 0 Å². The van der Waals surface area contributed by atoms with Crippen LogP contribution in [0.5, 0.6) is 0 Å². The van der Waals surface area contributed by atoms with Crippen LogP contribution >= 0.6 is 22.9 Å². The maximum absolute atomic E-state index is 10.3. The Morgan fingerprint density at radius 2 is 2.58 bits per heavy atom. The highest BCUT2D eigenvalue weighted by molar-refractivity contribution is 7.15. The van der Waals surface area contributed by atoms with Crippen LogP contribution in [0.3, 0.4) is 0 Å². The van der Waals surface area contributed by atoms with E-state index in [1.54, 1.807) is 0 Å². The molecule has 0 aliphatic heterocycles. The summed E-state index contributed by atoms with van der Waals surface area (Å²) in [6, 6.07) is -0.896. The van der Waals surface area contributed by atoms with Crippen molar-refractivity contribution in [3.05, 3.63) is 15.5 Å². The number of nitrogens with two attached hydrogens (primary N) is 1. The summed E-state index contributed by atoms with van der Waals surface area (Å²) in [4.78, 5) is 14.2. The second kappa shape index (κ2) is 3.84. The number of aromatic nitrogens is 1. The summed E-state index contributed by atoms with van der Waals surface area (Å²) in [6.07, 6.45) is 1.71. The van der Waals surface area contributed by atoms with Crippen LogP contribution in [0.2, 0.25) is 4.34 Å². The highest BCUT2D eigenvalue weighted by atomic mass is 35.5. The molecule has 1 aromatic rings. The molecule has 12 heavy (non-hydrogen) atoms. The molecule has 0 saturated heterocycles. The number of halogens is 1. The minimum absolute atomic E-state index is 0.229. The molecule has 0 amide bonds. The van der Waals surface area contributed by atoms with Gasteiger partial charge in [0.1, 0.15) is 10.4 Å². The summed E-state index contributed by atoms with van der Waals surface area (Å²) in [6.45, 7) is 0. The van der Waals surface area contributed by atoms with Gasteiger partial charge in [0.15, 0.2) is 0 Å². The predicted octanol–water partition coefficient (Wildman–Crippen LogP) is 0.751. The van der Waals surface area contributed by atoms with Crippen LogP contribution in [-0.4, -0.2) is 22.1 Å². The Balaban J connectivity index is 2.58. The van der Waals surface area contributed by atoms with Crippen LogP contribution in [0.15, 0.2) is 6.20 Å². The summed E-state index contributed by atoms with van der Waals surface area (Å²) in [5.74, 6) is -1.03. The molecular weight excluding hydrogens is 200 g/mol. The molecule has 0 bridgehead atoms. The Bertz CT molecular complexity index is 289. The lowest BCUT2D eigenvalue weighted by Crippen LogP contribution is -2.32. The molecule has 3 N–H and O–H groups in total. The second-order valence-electron chi connectivity index (χ2n) is 2.21. The zero-order valence-electron chi connectivity index (χ0n) is 6.03. The van der Waals surface area contributed by atoms with Gasteiger partial charge in [0.2, 0.25) is 0 Å². The summed E-state index contributed by atoms with van der Waals surface area (Å²) >= 11 is 6.84. The number of carboxylic acids is 1. The average Bonchev–Trinajstić information content (AvgIpc) is 2.35. The van der Waals surface area contributed by atoms with E-state index in [1.165, 1.54) is 17.5 Å². The van der Waals surface area contributed by atoms with Crippen molar-refractivity contribution in [2.45, 2.75) is 12.5 Å². The SMILES string of the molecule is NC(Cc1ncc(Cl)s1)C(=O)O. The van der Waals surface area contributed by atoms with Gasteiger partial charge in [0.05, 0.1) is 11.2 Å². The molecule has 1 unspecified atom stereocenters. The van der Waals surface area contributed by atoms with Crippen molar-refractivity contribution in [1.29, 1.82) is 0 Å². The molecule has 1 heterocycles. The van der Waals surface area contributed by atoms with Gasteiger partial charge >= 0.3 is 5.97 Å². The van der Waals surface area contributed by atoms with Crippen molar-refractivity contribution in [3.8, 4) is 0 Å². The topological polar surface area (TPSA) is 76.2 Å². The quantitative estimate of drug-likeness (QED) is 0.765. The van der Waals surface area contributed by atoms with E-state index in [4.69, 9.17) is 22.4 Å². The molecule has 1 atom stereocenters. The van der Waals surface area contributed by atoms with E-state index in [0.29, 0.717) is 9.34 Å². The van der Waals surface area contributed by atoms with E-state index in [-0.39, 0.29) is 6.42 Å². The molecule has 0 fully saturated rings. The average molecular weight is 207 g/mol. The smallest absolute Gasteiger partial charge is 0.320 e. The Labute approximate surface area is 78.0 Å². The molecule has 66 valence electrons. The van der Waals surface area contributed by atoms with Crippen LogP contribution in [0.25, 0.3) is 0 Å². The summed E-state index contributed by atoms with van der Waals surface area (Å²) in [7, 11) is 0. The Hall–Kier alpha value is -0.650. The van der Waals surface area contributed by atoms with Gasteiger partial charge in [-0.15, -0.1) is 11.3 Å². The Morgan fingerprint density at radius 3 is 3.00 bits per heavy atom. The third-order valence-corrected chi connectivity index (χ3v) is 2.37. The Morgan fingerprint density at radius 1 is 1.92 bits per heavy atom. The fraction of sp³-hybridized carbons (Fsp3) is 0.333. The molecule has 0 aliphatic carbocycles. The standard InChI is InChI=1S/C6H7ClN2O2S/c7-4-2-9-5(12-4)1-3(8)6(10)11/h2-3H,1,8H2,(H,10,11). The Kier molecular flexibility index (Phi) is 3.02. The van der Waals surface area contributed by atoms with Crippen LogP contribution in [0.1, 0.15) is 5.01 Å². The van der Waals surface area contributed by atoms with Gasteiger partial charge in [0, 0.05) is 6.42 Å². The zero-order chi connectivity index (χ0) is 9.14. The molecule has 0 aromatic carbocycles. The number of carbonyl (C=O) groups is 1. The fourth-order valence-corrected chi connectivity index (χ4v) is 1.67. The van der Waals surface area contributed by atoms with E-state index in [0.717, 1.165) is 0 Å². The van der Waals surface area contributed by atoms with Gasteiger partial charge in [-0.1, -0.05) is 11.6 Å². The van der Waals surface area contributed by atoms with Crippen LogP contribution < -0.4 is 5.73 Å². The lowest BCUT2D eigenvalue weighted by Gasteiger charge is -2.01. The first-order chi connectivity index (χ1) is 5.59. The van der Waals surface area contributed by atoms with E-state index >= 15 is 0 Å². The largest absolute Gasteiger partial charge is 0.480 e. The van der Waals surface area contributed by atoms with Crippen molar-refractivity contribution < 1.29 is 9.90 Å². The number of nitrogens with zero attached hydrogens (tertiary/aromatic N) is 1. The normalized spacial score (nSPS) is 12.8. The molecule has 0 saturated carbocycles. The molecular formula is C6H7ClN2O2S. The maximum atomic E-state index is 10.3. The lowest BCUT2D eigenvalue weighted by atomic mass is 10.2. The molecule has 0 aliphatic rings. The highest BCUT2D eigenvalue weighted by Gasteiger charge is 2.13. The fourth-order valence-electron chi connectivity index (χ4n) is 0.658. The van der Waals surface area contributed by atoms with Gasteiger partial charge < -0.3 is 10.8 Å². The van der Waals surface area contributed by atoms with Gasteiger partial charge in [-0.2, -0.15) is 0 Å². The third kappa shape index (κ3) is 2.44. The van der Waals surface area contributed by atoms with Gasteiger partial charge in [0.25, 0.3) is 0 Å². The highest BCUT2D eigenvalue weighted by Crippen LogP contribution is 2.18. The molecule has 1 aromatic heterocycles. The number of carboxylic acid groups (broad SMARTS) is 1.